The van der Waals surface area contributed by atoms with Gasteiger partial charge in [0.2, 0.25) is 0 Å². The van der Waals surface area contributed by atoms with E-state index in [1.165, 1.54) is 38.5 Å². The maximum absolute atomic E-state index is 13.8. The van der Waals surface area contributed by atoms with Crippen molar-refractivity contribution in [1.82, 2.24) is 0 Å². The molecule has 1 aromatic carbocycles. The van der Waals surface area contributed by atoms with Crippen LogP contribution in [0, 0.1) is 11.7 Å². The molecular weight excluding hydrogens is 261 g/mol. The largest absolute Gasteiger partial charge is 0.327 e. The van der Waals surface area contributed by atoms with Crippen LogP contribution in [-0.2, 0) is 6.42 Å². The van der Waals surface area contributed by atoms with Crippen molar-refractivity contribution in [2.75, 3.05) is 0 Å². The van der Waals surface area contributed by atoms with Crippen molar-refractivity contribution in [2.45, 2.75) is 57.4 Å². The van der Waals surface area contributed by atoms with Crippen molar-refractivity contribution in [3.63, 3.8) is 0 Å². The van der Waals surface area contributed by atoms with Crippen molar-refractivity contribution >= 4 is 11.6 Å². The molecule has 0 radical (unpaired) electrons. The van der Waals surface area contributed by atoms with E-state index in [0.717, 1.165) is 12.3 Å². The third-order valence-electron chi connectivity index (χ3n) is 4.12. The van der Waals surface area contributed by atoms with Gasteiger partial charge in [-0.2, -0.15) is 0 Å². The summed E-state index contributed by atoms with van der Waals surface area (Å²) < 4.78 is 13.8. The first-order valence-corrected chi connectivity index (χ1v) is 7.73. The second-order valence-electron chi connectivity index (χ2n) is 5.77. The Kier molecular flexibility index (Phi) is 5.65. The Morgan fingerprint density at radius 3 is 2.58 bits per heavy atom. The number of benzene rings is 1. The van der Waals surface area contributed by atoms with Crippen molar-refractivity contribution < 1.29 is 4.39 Å². The first-order chi connectivity index (χ1) is 9.16. The van der Waals surface area contributed by atoms with Gasteiger partial charge in [-0.15, -0.1) is 0 Å². The molecule has 0 aliphatic heterocycles. The molecule has 0 spiro atoms. The fourth-order valence-corrected chi connectivity index (χ4v) is 3.29. The third kappa shape index (κ3) is 4.47. The van der Waals surface area contributed by atoms with E-state index >= 15 is 0 Å². The zero-order chi connectivity index (χ0) is 13.7. The minimum Gasteiger partial charge on any atom is -0.327 e. The van der Waals surface area contributed by atoms with Gasteiger partial charge in [-0.1, -0.05) is 62.3 Å². The lowest BCUT2D eigenvalue weighted by Gasteiger charge is -2.19. The Bertz CT molecular complexity index is 400. The fraction of sp³-hybridized carbons (Fsp3) is 0.625. The van der Waals surface area contributed by atoms with Crippen LogP contribution in [0.15, 0.2) is 18.2 Å². The van der Waals surface area contributed by atoms with E-state index in [4.69, 9.17) is 17.3 Å². The number of hydrogen-bond acceptors (Lipinski definition) is 1. The quantitative estimate of drug-likeness (QED) is 0.796. The first kappa shape index (κ1) is 14.8. The Balaban J connectivity index is 1.89. The molecule has 2 rings (SSSR count). The van der Waals surface area contributed by atoms with Crippen LogP contribution >= 0.6 is 11.6 Å². The van der Waals surface area contributed by atoms with E-state index in [2.05, 4.69) is 0 Å². The van der Waals surface area contributed by atoms with Gasteiger partial charge in [-0.3, -0.25) is 0 Å². The van der Waals surface area contributed by atoms with Gasteiger partial charge in [-0.25, -0.2) is 4.39 Å². The Labute approximate surface area is 120 Å². The highest BCUT2D eigenvalue weighted by atomic mass is 35.5. The summed E-state index contributed by atoms with van der Waals surface area (Å²) in [6.07, 6.45) is 9.52. The molecule has 3 heteroatoms. The molecule has 1 aliphatic rings. The topological polar surface area (TPSA) is 26.0 Å². The predicted molar refractivity (Wildman–Crippen MR) is 78.9 cm³/mol. The molecule has 19 heavy (non-hydrogen) atoms. The summed E-state index contributed by atoms with van der Waals surface area (Å²) in [6.45, 7) is 0. The molecule has 0 bridgehead atoms. The van der Waals surface area contributed by atoms with Gasteiger partial charge in [0.05, 0.1) is 5.02 Å². The van der Waals surface area contributed by atoms with Crippen LogP contribution in [0.5, 0.6) is 0 Å². The molecule has 0 aromatic heterocycles. The molecule has 0 saturated heterocycles. The van der Waals surface area contributed by atoms with Crippen LogP contribution in [0.3, 0.4) is 0 Å². The molecule has 1 unspecified atom stereocenters. The van der Waals surface area contributed by atoms with E-state index in [9.17, 15) is 4.39 Å². The monoisotopic (exact) mass is 283 g/mol. The maximum atomic E-state index is 13.8. The summed E-state index contributed by atoms with van der Waals surface area (Å²) in [5, 5.41) is 0.194. The van der Waals surface area contributed by atoms with Crippen molar-refractivity contribution in [3.8, 4) is 0 Å². The second-order valence-corrected chi connectivity index (χ2v) is 6.18. The van der Waals surface area contributed by atoms with Crippen LogP contribution in [0.4, 0.5) is 4.39 Å². The maximum Gasteiger partial charge on any atom is 0.145 e. The number of rotatable bonds is 4. The SMILES string of the molecule is NC(Cc1cccc(Cl)c1F)CC1CCCCCC1. The average Bonchev–Trinajstić information content (AvgIpc) is 2.63. The number of nitrogens with two attached hydrogens (primary N) is 1. The molecule has 0 heterocycles. The fourth-order valence-electron chi connectivity index (χ4n) is 3.10. The first-order valence-electron chi connectivity index (χ1n) is 7.35. The summed E-state index contributed by atoms with van der Waals surface area (Å²) in [5.74, 6) is 0.417. The smallest absolute Gasteiger partial charge is 0.145 e. The predicted octanol–water partition coefficient (Wildman–Crippen LogP) is 4.71. The number of halogens is 2. The molecule has 106 valence electrons. The highest BCUT2D eigenvalue weighted by Crippen LogP contribution is 2.27. The summed E-state index contributed by atoms with van der Waals surface area (Å²) >= 11 is 5.79. The standard InChI is InChI=1S/C16H23ClFN/c17-15-9-5-8-13(16(15)18)11-14(19)10-12-6-3-1-2-4-7-12/h5,8-9,12,14H,1-4,6-7,10-11,19H2. The van der Waals surface area contributed by atoms with Gasteiger partial charge in [-0.05, 0) is 30.4 Å². The van der Waals surface area contributed by atoms with Gasteiger partial charge >= 0.3 is 0 Å². The third-order valence-corrected chi connectivity index (χ3v) is 4.42. The van der Waals surface area contributed by atoms with E-state index in [-0.39, 0.29) is 16.9 Å². The van der Waals surface area contributed by atoms with E-state index in [0.29, 0.717) is 12.0 Å². The van der Waals surface area contributed by atoms with Crippen LogP contribution in [0.1, 0.15) is 50.5 Å². The Hall–Kier alpha value is -0.600. The van der Waals surface area contributed by atoms with Gasteiger partial charge in [0.25, 0.3) is 0 Å². The van der Waals surface area contributed by atoms with E-state index in [1.807, 2.05) is 0 Å². The van der Waals surface area contributed by atoms with Crippen molar-refractivity contribution in [3.05, 3.63) is 34.6 Å². The molecule has 0 amide bonds. The molecule has 1 aliphatic carbocycles. The molecule has 1 nitrogen and oxygen atoms in total. The molecule has 1 atom stereocenters. The molecule has 2 N–H and O–H groups in total. The highest BCUT2D eigenvalue weighted by molar-refractivity contribution is 6.30. The second kappa shape index (κ2) is 7.25. The summed E-state index contributed by atoms with van der Waals surface area (Å²) in [4.78, 5) is 0. The minimum atomic E-state index is -0.305. The summed E-state index contributed by atoms with van der Waals surface area (Å²) in [7, 11) is 0. The van der Waals surface area contributed by atoms with Crippen LogP contribution in [-0.4, -0.2) is 6.04 Å². The Morgan fingerprint density at radius 1 is 1.21 bits per heavy atom. The van der Waals surface area contributed by atoms with Crippen molar-refractivity contribution in [1.29, 1.82) is 0 Å². The normalized spacial score (nSPS) is 19.1. The zero-order valence-corrected chi connectivity index (χ0v) is 12.1. The van der Waals surface area contributed by atoms with Gasteiger partial charge in [0.1, 0.15) is 5.82 Å². The van der Waals surface area contributed by atoms with Gasteiger partial charge < -0.3 is 5.73 Å². The van der Waals surface area contributed by atoms with Crippen molar-refractivity contribution in [2.24, 2.45) is 11.7 Å². The Morgan fingerprint density at radius 2 is 1.89 bits per heavy atom. The molecule has 1 aromatic rings. The van der Waals surface area contributed by atoms with Gasteiger partial charge in [0, 0.05) is 6.04 Å². The lowest BCUT2D eigenvalue weighted by Crippen LogP contribution is -2.26. The van der Waals surface area contributed by atoms with E-state index < -0.39 is 0 Å². The highest BCUT2D eigenvalue weighted by Gasteiger charge is 2.17. The molecular formula is C16H23ClFN. The lowest BCUT2D eigenvalue weighted by atomic mass is 9.90. The summed E-state index contributed by atoms with van der Waals surface area (Å²) in [5.41, 5.74) is 6.84. The minimum absolute atomic E-state index is 0.0380. The van der Waals surface area contributed by atoms with Crippen LogP contribution in [0.2, 0.25) is 5.02 Å². The molecule has 1 saturated carbocycles. The summed E-state index contributed by atoms with van der Waals surface area (Å²) in [6, 6.07) is 5.20. The van der Waals surface area contributed by atoms with Crippen LogP contribution in [0.25, 0.3) is 0 Å². The van der Waals surface area contributed by atoms with Gasteiger partial charge in [0.15, 0.2) is 0 Å². The number of hydrogen-bond donors (Lipinski definition) is 1. The van der Waals surface area contributed by atoms with E-state index in [1.54, 1.807) is 18.2 Å². The lowest BCUT2D eigenvalue weighted by molar-refractivity contribution is 0.385. The zero-order valence-electron chi connectivity index (χ0n) is 11.4. The van der Waals surface area contributed by atoms with Crippen LogP contribution < -0.4 is 5.73 Å². The average molecular weight is 284 g/mol. The molecule has 1 fully saturated rings.